The molecule has 0 unspecified atom stereocenters. The lowest BCUT2D eigenvalue weighted by Crippen LogP contribution is -2.60. The summed E-state index contributed by atoms with van der Waals surface area (Å²) in [5, 5.41) is 0. The van der Waals surface area contributed by atoms with Gasteiger partial charge in [-0.1, -0.05) is 36.4 Å². The highest BCUT2D eigenvalue weighted by Crippen LogP contribution is 2.28. The fourth-order valence-corrected chi connectivity index (χ4v) is 4.35. The molecule has 1 saturated heterocycles. The van der Waals surface area contributed by atoms with Crippen LogP contribution in [0.4, 0.5) is 0 Å². The molecule has 4 rings (SSSR count). The van der Waals surface area contributed by atoms with E-state index in [9.17, 15) is 4.79 Å². The summed E-state index contributed by atoms with van der Waals surface area (Å²) in [7, 11) is 3.58. The van der Waals surface area contributed by atoms with E-state index < -0.39 is 5.60 Å². The van der Waals surface area contributed by atoms with E-state index in [1.165, 1.54) is 0 Å². The zero-order valence-corrected chi connectivity index (χ0v) is 19.0. The van der Waals surface area contributed by atoms with Gasteiger partial charge in [-0.15, -0.1) is 0 Å². The maximum absolute atomic E-state index is 13.4. The Bertz CT molecular complexity index is 1070. The Balaban J connectivity index is 1.60. The van der Waals surface area contributed by atoms with Crippen molar-refractivity contribution in [2.24, 2.45) is 0 Å². The fraction of sp³-hybridized carbons (Fsp3) is 0.346. The minimum absolute atomic E-state index is 0.00816. The molecular weight excluding hydrogens is 400 g/mol. The molecule has 3 aromatic rings. The van der Waals surface area contributed by atoms with E-state index in [4.69, 9.17) is 4.74 Å². The summed E-state index contributed by atoms with van der Waals surface area (Å²) in [5.74, 6) is -0.00816. The number of carbonyl (C=O) groups is 1. The van der Waals surface area contributed by atoms with Crippen LogP contribution in [-0.2, 0) is 22.5 Å². The Hall–Kier alpha value is -3.09. The zero-order valence-electron chi connectivity index (χ0n) is 19.0. The summed E-state index contributed by atoms with van der Waals surface area (Å²) in [6, 6.07) is 18.3. The first kappa shape index (κ1) is 22.1. The third kappa shape index (κ3) is 5.03. The highest BCUT2D eigenvalue weighted by atomic mass is 16.5. The molecule has 3 heterocycles. The average molecular weight is 431 g/mol. The minimum atomic E-state index is -0.931. The zero-order chi connectivity index (χ0) is 22.6. The van der Waals surface area contributed by atoms with Crippen molar-refractivity contribution >= 4 is 5.91 Å². The highest BCUT2D eigenvalue weighted by Gasteiger charge is 2.44. The lowest BCUT2D eigenvalue weighted by atomic mass is 9.89. The smallest absolute Gasteiger partial charge is 0.255 e. The number of nitrogens with zero attached hydrogens (tertiary/aromatic N) is 4. The summed E-state index contributed by atoms with van der Waals surface area (Å²) in [6.45, 7) is 4.50. The molecule has 1 aromatic carbocycles. The Labute approximate surface area is 189 Å². The van der Waals surface area contributed by atoms with E-state index in [0.29, 0.717) is 26.1 Å². The van der Waals surface area contributed by atoms with E-state index in [0.717, 1.165) is 34.6 Å². The normalized spacial score (nSPS) is 19.0. The van der Waals surface area contributed by atoms with Crippen molar-refractivity contribution in [3.8, 4) is 11.1 Å². The van der Waals surface area contributed by atoms with Crippen molar-refractivity contribution < 1.29 is 9.53 Å². The number of aryl methyl sites for hydroxylation is 1. The summed E-state index contributed by atoms with van der Waals surface area (Å²) in [6.07, 6.45) is 4.13. The van der Waals surface area contributed by atoms with E-state index in [1.807, 2.05) is 49.5 Å². The summed E-state index contributed by atoms with van der Waals surface area (Å²) < 4.78 is 6.26. The van der Waals surface area contributed by atoms with Gasteiger partial charge in [-0.25, -0.2) is 0 Å². The van der Waals surface area contributed by atoms with Crippen LogP contribution in [0.15, 0.2) is 67.0 Å². The van der Waals surface area contributed by atoms with Gasteiger partial charge < -0.3 is 9.64 Å². The molecule has 0 bridgehead atoms. The molecule has 1 aliphatic heterocycles. The van der Waals surface area contributed by atoms with Crippen LogP contribution in [0.2, 0.25) is 0 Å². The maximum Gasteiger partial charge on any atom is 0.255 e. The molecule has 0 spiro atoms. The van der Waals surface area contributed by atoms with Gasteiger partial charge >= 0.3 is 0 Å². The van der Waals surface area contributed by atoms with E-state index in [1.54, 1.807) is 25.2 Å². The Kier molecular flexibility index (Phi) is 6.63. The van der Waals surface area contributed by atoms with Crippen molar-refractivity contribution in [1.29, 1.82) is 0 Å². The van der Waals surface area contributed by atoms with Gasteiger partial charge in [0.05, 0.1) is 12.3 Å². The lowest BCUT2D eigenvalue weighted by molar-refractivity contribution is -0.169. The Morgan fingerprint density at radius 1 is 1.12 bits per heavy atom. The number of morpholine rings is 1. The third-order valence-corrected chi connectivity index (χ3v) is 5.80. The quantitative estimate of drug-likeness (QED) is 0.600. The van der Waals surface area contributed by atoms with Crippen LogP contribution in [0.1, 0.15) is 17.0 Å². The molecule has 6 nitrogen and oxygen atoms in total. The fourth-order valence-electron chi connectivity index (χ4n) is 4.35. The Morgan fingerprint density at radius 2 is 1.94 bits per heavy atom. The number of benzene rings is 1. The van der Waals surface area contributed by atoms with Gasteiger partial charge in [0, 0.05) is 58.2 Å². The number of aromatic nitrogens is 2. The first-order chi connectivity index (χ1) is 15.4. The third-order valence-electron chi connectivity index (χ3n) is 5.80. The summed E-state index contributed by atoms with van der Waals surface area (Å²) in [5.41, 5.74) is 4.28. The molecule has 0 N–H and O–H groups in total. The molecule has 2 aromatic heterocycles. The molecule has 6 heteroatoms. The number of hydrogen-bond acceptors (Lipinski definition) is 5. The number of rotatable bonds is 6. The summed E-state index contributed by atoms with van der Waals surface area (Å²) in [4.78, 5) is 26.2. The van der Waals surface area contributed by atoms with Crippen LogP contribution in [0, 0.1) is 6.92 Å². The summed E-state index contributed by atoms with van der Waals surface area (Å²) >= 11 is 0. The molecule has 32 heavy (non-hydrogen) atoms. The number of amides is 1. The first-order valence-electron chi connectivity index (χ1n) is 11.0. The van der Waals surface area contributed by atoms with Gasteiger partial charge in [-0.2, -0.15) is 0 Å². The lowest BCUT2D eigenvalue weighted by Gasteiger charge is -2.43. The van der Waals surface area contributed by atoms with Gasteiger partial charge in [-0.05, 0) is 41.8 Å². The molecule has 1 aliphatic rings. The van der Waals surface area contributed by atoms with Crippen LogP contribution in [-0.4, -0.2) is 65.1 Å². The standard InChI is InChI=1S/C26H30N4O2/c1-20-7-4-11-24(28-20)18-30-13-14-32-26(19-30,25(31)29(2)3)16-21-8-5-9-22(15-21)23-10-6-12-27-17-23/h4-12,15,17H,13-14,16,18-19H2,1-3H3/t26-/m0/s1. The van der Waals surface area contributed by atoms with Crippen molar-refractivity contribution in [1.82, 2.24) is 19.8 Å². The maximum atomic E-state index is 13.4. The molecule has 1 amide bonds. The minimum Gasteiger partial charge on any atom is -0.362 e. The van der Waals surface area contributed by atoms with Crippen LogP contribution in [0.5, 0.6) is 0 Å². The second-order valence-electron chi connectivity index (χ2n) is 8.64. The number of hydrogen-bond donors (Lipinski definition) is 0. The molecule has 0 aliphatic carbocycles. The molecule has 0 saturated carbocycles. The van der Waals surface area contributed by atoms with Gasteiger partial charge in [0.1, 0.15) is 0 Å². The van der Waals surface area contributed by atoms with Gasteiger partial charge in [0.25, 0.3) is 5.91 Å². The number of likely N-dealkylation sites (N-methyl/N-ethyl adjacent to an activating group) is 1. The molecule has 0 radical (unpaired) electrons. The number of carbonyl (C=O) groups excluding carboxylic acids is 1. The Morgan fingerprint density at radius 3 is 2.69 bits per heavy atom. The first-order valence-corrected chi connectivity index (χ1v) is 11.0. The molecule has 1 atom stereocenters. The monoisotopic (exact) mass is 430 g/mol. The molecular formula is C26H30N4O2. The van der Waals surface area contributed by atoms with Crippen molar-refractivity contribution in [2.45, 2.75) is 25.5 Å². The van der Waals surface area contributed by atoms with E-state index >= 15 is 0 Å². The van der Waals surface area contributed by atoms with E-state index in [-0.39, 0.29) is 5.91 Å². The highest BCUT2D eigenvalue weighted by molar-refractivity contribution is 5.86. The van der Waals surface area contributed by atoms with Crippen molar-refractivity contribution in [3.05, 3.63) is 83.9 Å². The van der Waals surface area contributed by atoms with Crippen LogP contribution in [0.25, 0.3) is 11.1 Å². The second kappa shape index (κ2) is 9.59. The second-order valence-corrected chi connectivity index (χ2v) is 8.64. The van der Waals surface area contributed by atoms with Crippen molar-refractivity contribution in [3.63, 3.8) is 0 Å². The molecule has 166 valence electrons. The average Bonchev–Trinajstić information content (AvgIpc) is 2.79. The van der Waals surface area contributed by atoms with Gasteiger partial charge in [0.15, 0.2) is 5.60 Å². The van der Waals surface area contributed by atoms with E-state index in [2.05, 4.69) is 33.1 Å². The topological polar surface area (TPSA) is 58.6 Å². The van der Waals surface area contributed by atoms with Crippen LogP contribution in [0.3, 0.4) is 0 Å². The van der Waals surface area contributed by atoms with Gasteiger partial charge in [-0.3, -0.25) is 19.7 Å². The largest absolute Gasteiger partial charge is 0.362 e. The predicted molar refractivity (Wildman–Crippen MR) is 125 cm³/mol. The van der Waals surface area contributed by atoms with Crippen molar-refractivity contribution in [2.75, 3.05) is 33.8 Å². The van der Waals surface area contributed by atoms with Gasteiger partial charge in [0.2, 0.25) is 0 Å². The SMILES string of the molecule is Cc1cccc(CN2CCO[C@](Cc3cccc(-c4cccnc4)c3)(C(=O)N(C)C)C2)n1. The molecule has 1 fully saturated rings. The van der Waals surface area contributed by atoms with Crippen LogP contribution >= 0.6 is 0 Å². The number of pyridine rings is 2. The predicted octanol–water partition coefficient (Wildman–Crippen LogP) is 3.35. The van der Waals surface area contributed by atoms with Crippen LogP contribution < -0.4 is 0 Å². The number of ether oxygens (including phenoxy) is 1.